The monoisotopic (exact) mass is 707 g/mol. The lowest BCUT2D eigenvalue weighted by molar-refractivity contribution is 0.0744. The highest BCUT2D eigenvalue weighted by Crippen LogP contribution is 2.45. The summed E-state index contributed by atoms with van der Waals surface area (Å²) in [6.07, 6.45) is 10.9. The lowest BCUT2D eigenvalue weighted by Gasteiger charge is -2.42. The predicted molar refractivity (Wildman–Crippen MR) is 193 cm³/mol. The van der Waals surface area contributed by atoms with Gasteiger partial charge in [0.05, 0.1) is 35.9 Å². The predicted octanol–water partition coefficient (Wildman–Crippen LogP) is 6.62. The third-order valence-corrected chi connectivity index (χ3v) is 12.3. The minimum Gasteiger partial charge on any atom is -0.490 e. The van der Waals surface area contributed by atoms with Crippen LogP contribution in [0.5, 0.6) is 5.75 Å². The number of methoxy groups -OCH3 is 1. The first-order valence-electron chi connectivity index (χ1n) is 17.2. The van der Waals surface area contributed by atoms with Crippen LogP contribution < -0.4 is 14.4 Å². The molecule has 3 heterocycles. The number of benzene rings is 2. The summed E-state index contributed by atoms with van der Waals surface area (Å²) in [6.45, 7) is 8.81. The molecule has 0 unspecified atom stereocenters. The zero-order valence-electron chi connectivity index (χ0n) is 28.7. The SMILES string of the molecule is CCn1cc(C(=O)N[S@@]2(=O)=NC(=O)c3ccc4c(c3)N(C[C@H](C)[C@@H](C)[C@@H](OC)/C=C/CCC2)C[C@@]2(CCCc3cc(Cl)ccc32)CO4)cn1. The summed E-state index contributed by atoms with van der Waals surface area (Å²) >= 11 is 6.44. The Bertz CT molecular complexity index is 1870. The van der Waals surface area contributed by atoms with E-state index < -0.39 is 21.7 Å². The number of carbonyl (C=O) groups excluding carboxylic acids is 2. The highest BCUT2D eigenvalue weighted by Gasteiger charge is 2.42. The molecule has 0 radical (unpaired) electrons. The molecule has 3 aromatic rings. The summed E-state index contributed by atoms with van der Waals surface area (Å²) in [5, 5.41) is 4.89. The van der Waals surface area contributed by atoms with E-state index in [1.54, 1.807) is 30.1 Å². The van der Waals surface area contributed by atoms with Gasteiger partial charge >= 0.3 is 0 Å². The number of aryl methyl sites for hydroxylation is 2. The number of allylic oxidation sites excluding steroid dienone is 1. The second-order valence-corrected chi connectivity index (χ2v) is 16.2. The van der Waals surface area contributed by atoms with E-state index in [-0.39, 0.29) is 40.2 Å². The number of hydrogen-bond donors (Lipinski definition) is 1. The molecule has 2 aliphatic heterocycles. The fourth-order valence-corrected chi connectivity index (χ4v) is 9.12. The number of fused-ring (bicyclic) bond motifs is 3. The van der Waals surface area contributed by atoms with Crippen molar-refractivity contribution in [2.45, 2.75) is 70.9 Å². The molecule has 0 fully saturated rings. The average molecular weight is 708 g/mol. The molecule has 2 aromatic carbocycles. The van der Waals surface area contributed by atoms with Gasteiger partial charge in [0.15, 0.2) is 0 Å². The second kappa shape index (κ2) is 14.7. The van der Waals surface area contributed by atoms with Crippen LogP contribution in [0.25, 0.3) is 0 Å². The number of aromatic nitrogens is 2. The summed E-state index contributed by atoms with van der Waals surface area (Å²) in [7, 11) is -1.76. The Morgan fingerprint density at radius 1 is 1.20 bits per heavy atom. The van der Waals surface area contributed by atoms with E-state index in [2.05, 4.69) is 51.1 Å². The Hall–Kier alpha value is -3.67. The third-order valence-electron chi connectivity index (χ3n) is 10.3. The number of halogens is 1. The molecule has 3 aliphatic rings. The Kier molecular flexibility index (Phi) is 10.5. The highest BCUT2D eigenvalue weighted by molar-refractivity contribution is 7.92. The number of anilines is 1. The van der Waals surface area contributed by atoms with Crippen molar-refractivity contribution < 1.29 is 23.3 Å². The molecule has 0 saturated carbocycles. The van der Waals surface area contributed by atoms with E-state index >= 15 is 0 Å². The van der Waals surface area contributed by atoms with Crippen LogP contribution in [-0.4, -0.2) is 64.5 Å². The lowest BCUT2D eigenvalue weighted by atomic mass is 9.70. The smallest absolute Gasteiger partial charge is 0.286 e. The van der Waals surface area contributed by atoms with Crippen molar-refractivity contribution in [1.29, 1.82) is 0 Å². The number of rotatable bonds is 4. The Morgan fingerprint density at radius 2 is 2.04 bits per heavy atom. The standard InChI is InChI=1S/C37H46ClN5O5S/c1-5-43-22-29(20-39-43)36(45)41-49(46)17-8-6-7-11-33(47-4)26(3)25(2)21-42-23-37(16-9-10-27-18-30(38)13-14-31(27)37)24-48-34-15-12-28(19-32(34)42)35(44)40-49/h7,11-15,18-20,22,25-26,33H,5-6,8-10,16-17,21,23-24H2,1-4H3,(H,40,41,44,45,46)/b11-7+/t25-,26+,33-,37-,49-/m0/s1. The lowest BCUT2D eigenvalue weighted by Crippen LogP contribution is -2.47. The van der Waals surface area contributed by atoms with Gasteiger partial charge in [-0.1, -0.05) is 43.7 Å². The first kappa shape index (κ1) is 35.2. The van der Waals surface area contributed by atoms with Crippen LogP contribution >= 0.6 is 11.6 Å². The number of ether oxygens (including phenoxy) is 2. The Balaban J connectivity index is 1.42. The number of nitrogens with one attached hydrogen (secondary N) is 1. The molecule has 49 heavy (non-hydrogen) atoms. The Morgan fingerprint density at radius 3 is 2.82 bits per heavy atom. The molecule has 6 rings (SSSR count). The first-order chi connectivity index (χ1) is 23.5. The average Bonchev–Trinajstić information content (AvgIpc) is 3.52. The van der Waals surface area contributed by atoms with E-state index in [9.17, 15) is 13.8 Å². The fourth-order valence-electron chi connectivity index (χ4n) is 7.34. The molecule has 1 spiro atoms. The van der Waals surface area contributed by atoms with Crippen molar-refractivity contribution in [3.05, 3.63) is 88.2 Å². The van der Waals surface area contributed by atoms with E-state index in [0.717, 1.165) is 30.0 Å². The maximum Gasteiger partial charge on any atom is 0.286 e. The van der Waals surface area contributed by atoms with Crippen molar-refractivity contribution in [2.75, 3.05) is 37.5 Å². The van der Waals surface area contributed by atoms with Gasteiger partial charge < -0.3 is 14.4 Å². The molecule has 2 bridgehead atoms. The fraction of sp³-hybridized carbons (Fsp3) is 0.486. The van der Waals surface area contributed by atoms with Gasteiger partial charge in [0.25, 0.3) is 11.8 Å². The maximum absolute atomic E-state index is 14.3. The molecule has 262 valence electrons. The summed E-state index contributed by atoms with van der Waals surface area (Å²) in [5.41, 5.74) is 3.55. The molecule has 1 aliphatic carbocycles. The normalized spacial score (nSPS) is 28.1. The summed E-state index contributed by atoms with van der Waals surface area (Å²) < 4.78 is 35.2. The van der Waals surface area contributed by atoms with Gasteiger partial charge in [0.1, 0.15) is 15.7 Å². The van der Waals surface area contributed by atoms with Crippen LogP contribution in [0.4, 0.5) is 5.69 Å². The van der Waals surface area contributed by atoms with E-state index in [1.807, 2.05) is 25.1 Å². The first-order valence-corrected chi connectivity index (χ1v) is 19.2. The van der Waals surface area contributed by atoms with Crippen LogP contribution in [0.15, 0.2) is 65.3 Å². The molecule has 2 amide bonds. The van der Waals surface area contributed by atoms with Crippen LogP contribution in [0.2, 0.25) is 5.02 Å². The van der Waals surface area contributed by atoms with E-state index in [1.165, 1.54) is 17.3 Å². The van der Waals surface area contributed by atoms with Gasteiger partial charge in [0.2, 0.25) is 0 Å². The molecule has 0 saturated heterocycles. The Labute approximate surface area is 294 Å². The van der Waals surface area contributed by atoms with Crippen molar-refractivity contribution >= 4 is 39.0 Å². The molecule has 12 heteroatoms. The van der Waals surface area contributed by atoms with Gasteiger partial charge in [-0.15, -0.1) is 4.36 Å². The topological polar surface area (TPSA) is 115 Å². The van der Waals surface area contributed by atoms with Crippen molar-refractivity contribution in [3.63, 3.8) is 0 Å². The van der Waals surface area contributed by atoms with Crippen LogP contribution in [0.1, 0.15) is 78.3 Å². The van der Waals surface area contributed by atoms with Crippen LogP contribution in [0, 0.1) is 11.8 Å². The minimum absolute atomic E-state index is 0.00641. The maximum atomic E-state index is 14.3. The van der Waals surface area contributed by atoms with E-state index in [0.29, 0.717) is 44.8 Å². The molecule has 1 N–H and O–H groups in total. The number of hydrogen-bond acceptors (Lipinski definition) is 7. The molecular weight excluding hydrogens is 662 g/mol. The highest BCUT2D eigenvalue weighted by atomic mass is 35.5. The van der Waals surface area contributed by atoms with Crippen molar-refractivity contribution in [3.8, 4) is 5.75 Å². The number of carbonyl (C=O) groups is 2. The van der Waals surface area contributed by atoms with Crippen LogP contribution in [0.3, 0.4) is 0 Å². The van der Waals surface area contributed by atoms with E-state index in [4.69, 9.17) is 21.1 Å². The van der Waals surface area contributed by atoms with Crippen LogP contribution in [-0.2, 0) is 33.0 Å². The van der Waals surface area contributed by atoms with Crippen molar-refractivity contribution in [1.82, 2.24) is 14.5 Å². The van der Waals surface area contributed by atoms with Gasteiger partial charge in [-0.3, -0.25) is 19.0 Å². The van der Waals surface area contributed by atoms with Gasteiger partial charge in [-0.05, 0) is 92.3 Å². The summed E-state index contributed by atoms with van der Waals surface area (Å²) in [4.78, 5) is 29.4. The minimum atomic E-state index is -3.48. The zero-order valence-corrected chi connectivity index (χ0v) is 30.3. The molecule has 5 atom stereocenters. The van der Waals surface area contributed by atoms with Gasteiger partial charge in [-0.25, -0.2) is 4.21 Å². The quantitative estimate of drug-likeness (QED) is 0.303. The molecular formula is C37H46ClN5O5S. The summed E-state index contributed by atoms with van der Waals surface area (Å²) in [6, 6.07) is 11.5. The summed E-state index contributed by atoms with van der Waals surface area (Å²) in [5.74, 6) is -0.171. The zero-order chi connectivity index (χ0) is 34.8. The molecule has 1 aromatic heterocycles. The van der Waals surface area contributed by atoms with Gasteiger partial charge in [-0.2, -0.15) is 5.10 Å². The molecule has 10 nitrogen and oxygen atoms in total. The second-order valence-electron chi connectivity index (χ2n) is 13.7. The third kappa shape index (κ3) is 7.59. The number of nitrogens with zero attached hydrogens (tertiary/aromatic N) is 4. The number of amides is 2. The van der Waals surface area contributed by atoms with Crippen molar-refractivity contribution in [2.24, 2.45) is 16.2 Å². The van der Waals surface area contributed by atoms with Gasteiger partial charge in [0, 0.05) is 48.9 Å². The largest absolute Gasteiger partial charge is 0.490 e.